The first kappa shape index (κ1) is 18.8. The summed E-state index contributed by atoms with van der Waals surface area (Å²) < 4.78 is 19.5. The average Bonchev–Trinajstić information content (AvgIpc) is 2.94. The topological polar surface area (TPSA) is 97.6 Å². The van der Waals surface area contributed by atoms with Crippen molar-refractivity contribution in [2.75, 3.05) is 26.8 Å². The molecule has 1 N–H and O–H groups in total. The second kappa shape index (κ2) is 8.04. The van der Waals surface area contributed by atoms with E-state index in [4.69, 9.17) is 21.4 Å². The monoisotopic (exact) mass is 370 g/mol. The van der Waals surface area contributed by atoms with Crippen LogP contribution < -0.4 is 0 Å². The van der Waals surface area contributed by atoms with Gasteiger partial charge in [-0.3, -0.25) is 9.59 Å². The number of hydrogen-bond acceptors (Lipinski definition) is 5. The van der Waals surface area contributed by atoms with Gasteiger partial charge in [0.25, 0.3) is 5.91 Å². The molecule has 0 fully saturated rings. The lowest BCUT2D eigenvalue weighted by Gasteiger charge is -2.19. The summed E-state index contributed by atoms with van der Waals surface area (Å²) in [5, 5.41) is 16.6. The van der Waals surface area contributed by atoms with Crippen molar-refractivity contribution >= 4 is 23.5 Å². The summed E-state index contributed by atoms with van der Waals surface area (Å²) in [6.45, 7) is 1.38. The van der Waals surface area contributed by atoms with E-state index < -0.39 is 24.2 Å². The smallest absolute Gasteiger partial charge is 0.323 e. The molecule has 0 spiro atoms. The van der Waals surface area contributed by atoms with Gasteiger partial charge in [-0.15, -0.1) is 5.10 Å². The van der Waals surface area contributed by atoms with Gasteiger partial charge in [0.1, 0.15) is 12.4 Å². The molecule has 1 aromatic heterocycles. The lowest BCUT2D eigenvalue weighted by Crippen LogP contribution is -2.38. The number of methoxy groups -OCH3 is 1. The van der Waals surface area contributed by atoms with Gasteiger partial charge in [0, 0.05) is 13.7 Å². The molecule has 0 saturated heterocycles. The molecule has 1 amide bonds. The van der Waals surface area contributed by atoms with Crippen molar-refractivity contribution in [1.82, 2.24) is 19.9 Å². The number of carbonyl (C=O) groups is 2. The molecule has 2 aromatic rings. The third kappa shape index (κ3) is 4.31. The van der Waals surface area contributed by atoms with Crippen LogP contribution in [-0.4, -0.2) is 63.7 Å². The van der Waals surface area contributed by atoms with Gasteiger partial charge in [-0.2, -0.15) is 0 Å². The zero-order chi connectivity index (χ0) is 18.6. The Labute approximate surface area is 147 Å². The maximum atomic E-state index is 13.3. The van der Waals surface area contributed by atoms with E-state index in [0.29, 0.717) is 11.4 Å². The summed E-state index contributed by atoms with van der Waals surface area (Å²) in [6, 6.07) is 3.97. The SMILES string of the molecule is COCCN(CC(=O)O)C(=O)c1nnn(-c2ccc(F)c(Cl)c2)c1C. The summed E-state index contributed by atoms with van der Waals surface area (Å²) >= 11 is 5.76. The first-order chi connectivity index (χ1) is 11.8. The molecule has 1 aromatic carbocycles. The van der Waals surface area contributed by atoms with E-state index in [1.54, 1.807) is 6.92 Å². The zero-order valence-electron chi connectivity index (χ0n) is 13.6. The number of aromatic nitrogens is 3. The number of amides is 1. The van der Waals surface area contributed by atoms with Crippen molar-refractivity contribution in [3.8, 4) is 5.69 Å². The van der Waals surface area contributed by atoms with Gasteiger partial charge >= 0.3 is 5.97 Å². The van der Waals surface area contributed by atoms with Crippen molar-refractivity contribution in [3.05, 3.63) is 40.4 Å². The predicted octanol–water partition coefficient (Wildman–Crippen LogP) is 1.54. The molecule has 0 aliphatic carbocycles. The highest BCUT2D eigenvalue weighted by molar-refractivity contribution is 6.30. The van der Waals surface area contributed by atoms with Crippen LogP contribution >= 0.6 is 11.6 Å². The van der Waals surface area contributed by atoms with Crippen molar-refractivity contribution in [1.29, 1.82) is 0 Å². The molecule has 25 heavy (non-hydrogen) atoms. The van der Waals surface area contributed by atoms with Crippen LogP contribution in [0.1, 0.15) is 16.2 Å². The number of carbonyl (C=O) groups excluding carboxylic acids is 1. The Morgan fingerprint density at radius 1 is 1.44 bits per heavy atom. The lowest BCUT2D eigenvalue weighted by molar-refractivity contribution is -0.137. The highest BCUT2D eigenvalue weighted by Gasteiger charge is 2.24. The van der Waals surface area contributed by atoms with Crippen molar-refractivity contribution in [3.63, 3.8) is 0 Å². The summed E-state index contributed by atoms with van der Waals surface area (Å²) in [7, 11) is 1.45. The zero-order valence-corrected chi connectivity index (χ0v) is 14.3. The Hall–Kier alpha value is -2.52. The minimum Gasteiger partial charge on any atom is -0.480 e. The van der Waals surface area contributed by atoms with Crippen molar-refractivity contribution in [2.45, 2.75) is 6.92 Å². The van der Waals surface area contributed by atoms with Crippen LogP contribution in [-0.2, 0) is 9.53 Å². The normalized spacial score (nSPS) is 10.7. The fourth-order valence-electron chi connectivity index (χ4n) is 2.16. The highest BCUT2D eigenvalue weighted by Crippen LogP contribution is 2.20. The summed E-state index contributed by atoms with van der Waals surface area (Å²) in [5.74, 6) is -2.32. The van der Waals surface area contributed by atoms with Crippen LogP contribution in [0.15, 0.2) is 18.2 Å². The number of aliphatic carboxylic acids is 1. The second-order valence-electron chi connectivity index (χ2n) is 5.15. The van der Waals surface area contributed by atoms with Gasteiger partial charge in [-0.25, -0.2) is 9.07 Å². The van der Waals surface area contributed by atoms with E-state index >= 15 is 0 Å². The fraction of sp³-hybridized carbons (Fsp3) is 0.333. The first-order valence-electron chi connectivity index (χ1n) is 7.23. The number of hydrogen-bond donors (Lipinski definition) is 1. The lowest BCUT2D eigenvalue weighted by atomic mass is 10.2. The summed E-state index contributed by atoms with van der Waals surface area (Å²) in [6.07, 6.45) is 0. The molecule has 134 valence electrons. The molecule has 1 heterocycles. The molecule has 8 nitrogen and oxygen atoms in total. The number of rotatable bonds is 7. The van der Waals surface area contributed by atoms with Gasteiger partial charge in [0.05, 0.1) is 23.0 Å². The molecule has 0 radical (unpaired) electrons. The van der Waals surface area contributed by atoms with Crippen LogP contribution in [0.25, 0.3) is 5.69 Å². The van der Waals surface area contributed by atoms with Crippen molar-refractivity contribution < 1.29 is 23.8 Å². The molecule has 0 atom stereocenters. The summed E-state index contributed by atoms with van der Waals surface area (Å²) in [5.41, 5.74) is 0.801. The Morgan fingerprint density at radius 2 is 2.16 bits per heavy atom. The van der Waals surface area contributed by atoms with E-state index in [9.17, 15) is 14.0 Å². The Kier molecular flexibility index (Phi) is 6.05. The van der Waals surface area contributed by atoms with Crippen LogP contribution in [0.2, 0.25) is 5.02 Å². The Balaban J connectivity index is 2.32. The van der Waals surface area contributed by atoms with Gasteiger partial charge < -0.3 is 14.7 Å². The molecular formula is C15H16ClFN4O4. The van der Waals surface area contributed by atoms with Crippen molar-refractivity contribution in [2.24, 2.45) is 0 Å². The Morgan fingerprint density at radius 3 is 2.76 bits per heavy atom. The molecular weight excluding hydrogens is 355 g/mol. The number of carboxylic acids is 1. The molecule has 2 rings (SSSR count). The number of halogens is 2. The van der Waals surface area contributed by atoms with Crippen LogP contribution in [0.3, 0.4) is 0 Å². The quantitative estimate of drug-likeness (QED) is 0.794. The van der Waals surface area contributed by atoms with Gasteiger partial charge in [0.2, 0.25) is 0 Å². The fourth-order valence-corrected chi connectivity index (χ4v) is 2.33. The Bertz CT molecular complexity index is 796. The number of ether oxygens (including phenoxy) is 1. The largest absolute Gasteiger partial charge is 0.480 e. The molecule has 0 aliphatic heterocycles. The van der Waals surface area contributed by atoms with E-state index in [0.717, 1.165) is 4.90 Å². The minimum atomic E-state index is -1.15. The van der Waals surface area contributed by atoms with Crippen LogP contribution in [0.5, 0.6) is 0 Å². The maximum Gasteiger partial charge on any atom is 0.323 e. The predicted molar refractivity (Wildman–Crippen MR) is 86.5 cm³/mol. The first-order valence-corrected chi connectivity index (χ1v) is 7.60. The standard InChI is InChI=1S/C15H16ClFN4O4/c1-9-14(15(24)20(5-6-25-2)8-13(22)23)18-19-21(9)10-3-4-12(17)11(16)7-10/h3-4,7H,5-6,8H2,1-2H3,(H,22,23). The molecule has 0 aliphatic rings. The molecule has 0 saturated carbocycles. The highest BCUT2D eigenvalue weighted by atomic mass is 35.5. The minimum absolute atomic E-state index is 0.00204. The number of carboxylic acid groups (broad SMARTS) is 1. The number of nitrogens with zero attached hydrogens (tertiary/aromatic N) is 4. The average molecular weight is 371 g/mol. The molecule has 10 heteroatoms. The maximum absolute atomic E-state index is 13.3. The molecule has 0 bridgehead atoms. The number of benzene rings is 1. The van der Waals surface area contributed by atoms with Crippen LogP contribution in [0.4, 0.5) is 4.39 Å². The summed E-state index contributed by atoms with van der Waals surface area (Å²) in [4.78, 5) is 24.6. The van der Waals surface area contributed by atoms with E-state index in [2.05, 4.69) is 10.3 Å². The van der Waals surface area contributed by atoms with E-state index in [1.165, 1.54) is 30.0 Å². The van der Waals surface area contributed by atoms with Gasteiger partial charge in [-0.05, 0) is 25.1 Å². The van der Waals surface area contributed by atoms with E-state index in [1.807, 2.05) is 0 Å². The molecule has 0 unspecified atom stereocenters. The third-order valence-corrected chi connectivity index (χ3v) is 3.71. The van der Waals surface area contributed by atoms with Gasteiger partial charge in [0.15, 0.2) is 5.69 Å². The van der Waals surface area contributed by atoms with Crippen LogP contribution in [0, 0.1) is 12.7 Å². The second-order valence-corrected chi connectivity index (χ2v) is 5.55. The van der Waals surface area contributed by atoms with E-state index in [-0.39, 0.29) is 23.9 Å². The third-order valence-electron chi connectivity index (χ3n) is 3.42. The van der Waals surface area contributed by atoms with Gasteiger partial charge in [-0.1, -0.05) is 16.8 Å².